The van der Waals surface area contributed by atoms with E-state index in [2.05, 4.69) is 6.58 Å². The largest absolute Gasteiger partial charge is 0.458 e. The molecule has 0 N–H and O–H groups in total. The molecule has 3 fully saturated rings. The van der Waals surface area contributed by atoms with Gasteiger partial charge in [-0.2, -0.15) is 0 Å². The molecular formula is C15H16O4. The monoisotopic (exact) mass is 260 g/mol. The Morgan fingerprint density at radius 1 is 1.42 bits per heavy atom. The maximum Gasteiger partial charge on any atom is 0.334 e. The van der Waals surface area contributed by atoms with E-state index >= 15 is 0 Å². The van der Waals surface area contributed by atoms with Crippen molar-refractivity contribution in [3.05, 3.63) is 23.8 Å². The molecular weight excluding hydrogens is 244 g/mol. The van der Waals surface area contributed by atoms with Crippen molar-refractivity contribution in [3.63, 3.8) is 0 Å². The minimum Gasteiger partial charge on any atom is -0.458 e. The first-order valence-corrected chi connectivity index (χ1v) is 6.73. The van der Waals surface area contributed by atoms with Crippen LogP contribution >= 0.6 is 0 Å². The third-order valence-corrected chi connectivity index (χ3v) is 5.39. The highest BCUT2D eigenvalue weighted by atomic mass is 16.6. The Hall–Kier alpha value is -1.42. The summed E-state index contributed by atoms with van der Waals surface area (Å²) in [6, 6.07) is 0. The zero-order valence-corrected chi connectivity index (χ0v) is 11.1. The average molecular weight is 260 g/mol. The van der Waals surface area contributed by atoms with Gasteiger partial charge in [-0.15, -0.1) is 0 Å². The van der Waals surface area contributed by atoms with Crippen LogP contribution in [0.2, 0.25) is 0 Å². The standard InChI is InChI=1S/C15H16O4/c1-7-6-10(16)15-11(7)12-9(8(2)13(17)18-12)4-5-14(15,3)19-15/h6,9,11-12H,2,4-5H2,1,3H3/t9-,11-,12-,14-,15+/m0/s1. The van der Waals surface area contributed by atoms with Crippen molar-refractivity contribution in [2.45, 2.75) is 44.0 Å². The Bertz CT molecular complexity index is 575. The molecule has 0 aromatic heterocycles. The molecule has 2 saturated heterocycles. The molecule has 0 aromatic carbocycles. The van der Waals surface area contributed by atoms with Crippen LogP contribution in [0.1, 0.15) is 26.7 Å². The third kappa shape index (κ3) is 1.06. The molecule has 0 radical (unpaired) electrons. The number of hydrogen-bond acceptors (Lipinski definition) is 4. The van der Waals surface area contributed by atoms with Gasteiger partial charge in [0.2, 0.25) is 0 Å². The summed E-state index contributed by atoms with van der Waals surface area (Å²) in [6.45, 7) is 7.78. The molecule has 4 rings (SSSR count). The number of epoxide rings is 1. The van der Waals surface area contributed by atoms with Gasteiger partial charge >= 0.3 is 5.97 Å². The number of carbonyl (C=O) groups is 2. The van der Waals surface area contributed by atoms with E-state index in [4.69, 9.17) is 9.47 Å². The zero-order valence-electron chi connectivity index (χ0n) is 11.1. The van der Waals surface area contributed by atoms with Crippen molar-refractivity contribution in [3.8, 4) is 0 Å². The fraction of sp³-hybridized carbons (Fsp3) is 0.600. The van der Waals surface area contributed by atoms with Crippen molar-refractivity contribution in [1.29, 1.82) is 0 Å². The van der Waals surface area contributed by atoms with E-state index in [1.165, 1.54) is 0 Å². The fourth-order valence-electron chi connectivity index (χ4n) is 4.34. The average Bonchev–Trinajstić information content (AvgIpc) is 2.77. The minimum absolute atomic E-state index is 0.0249. The van der Waals surface area contributed by atoms with Crippen LogP contribution in [0.15, 0.2) is 23.8 Å². The molecule has 100 valence electrons. The fourth-order valence-corrected chi connectivity index (χ4v) is 4.34. The van der Waals surface area contributed by atoms with Crippen LogP contribution in [0.5, 0.6) is 0 Å². The summed E-state index contributed by atoms with van der Waals surface area (Å²) in [6.07, 6.45) is 2.94. The van der Waals surface area contributed by atoms with E-state index in [0.29, 0.717) is 5.57 Å². The second kappa shape index (κ2) is 3.01. The first kappa shape index (κ1) is 11.4. The lowest BCUT2D eigenvalue weighted by Gasteiger charge is -2.26. The highest BCUT2D eigenvalue weighted by Crippen LogP contribution is 2.65. The molecule has 1 spiro atoms. The number of ketones is 1. The normalized spacial score (nSPS) is 50.9. The number of ether oxygens (including phenoxy) is 2. The van der Waals surface area contributed by atoms with Gasteiger partial charge in [-0.25, -0.2) is 4.79 Å². The Balaban J connectivity index is 1.85. The van der Waals surface area contributed by atoms with Crippen molar-refractivity contribution in [2.24, 2.45) is 11.8 Å². The molecule has 0 bridgehead atoms. The Morgan fingerprint density at radius 2 is 2.16 bits per heavy atom. The predicted molar refractivity (Wildman–Crippen MR) is 66.2 cm³/mol. The van der Waals surface area contributed by atoms with Crippen LogP contribution in [0, 0.1) is 11.8 Å². The predicted octanol–water partition coefficient (Wildman–Crippen LogP) is 1.55. The van der Waals surface area contributed by atoms with Crippen LogP contribution in [0.25, 0.3) is 0 Å². The first-order chi connectivity index (χ1) is 8.91. The number of hydrogen-bond donors (Lipinski definition) is 0. The summed E-state index contributed by atoms with van der Waals surface area (Å²) >= 11 is 0. The number of fused-ring (bicyclic) bond motifs is 2. The summed E-state index contributed by atoms with van der Waals surface area (Å²) in [5, 5.41) is 0. The zero-order chi connectivity index (χ0) is 13.6. The second-order valence-electron chi connectivity index (χ2n) is 6.34. The Kier molecular flexibility index (Phi) is 1.81. The molecule has 0 aromatic rings. The molecule has 1 saturated carbocycles. The van der Waals surface area contributed by atoms with Crippen LogP contribution in [-0.4, -0.2) is 29.1 Å². The van der Waals surface area contributed by atoms with E-state index in [-0.39, 0.29) is 29.7 Å². The number of rotatable bonds is 0. The summed E-state index contributed by atoms with van der Waals surface area (Å²) < 4.78 is 11.4. The van der Waals surface area contributed by atoms with Gasteiger partial charge in [0.25, 0.3) is 0 Å². The van der Waals surface area contributed by atoms with Crippen LogP contribution in [-0.2, 0) is 19.1 Å². The quantitative estimate of drug-likeness (QED) is 0.377. The summed E-state index contributed by atoms with van der Waals surface area (Å²) in [5.41, 5.74) is 0.340. The molecule has 0 unspecified atom stereocenters. The number of esters is 1. The van der Waals surface area contributed by atoms with E-state index < -0.39 is 11.2 Å². The maximum atomic E-state index is 12.3. The van der Waals surface area contributed by atoms with Gasteiger partial charge in [-0.1, -0.05) is 12.2 Å². The Labute approximate surface area is 111 Å². The number of carbonyl (C=O) groups excluding carboxylic acids is 2. The highest BCUT2D eigenvalue weighted by molar-refractivity contribution is 6.05. The molecule has 19 heavy (non-hydrogen) atoms. The van der Waals surface area contributed by atoms with Crippen LogP contribution < -0.4 is 0 Å². The third-order valence-electron chi connectivity index (χ3n) is 5.39. The lowest BCUT2D eigenvalue weighted by Crippen LogP contribution is -2.41. The molecule has 4 nitrogen and oxygen atoms in total. The van der Waals surface area contributed by atoms with Gasteiger partial charge in [0.05, 0.1) is 5.92 Å². The van der Waals surface area contributed by atoms with Crippen molar-refractivity contribution in [1.82, 2.24) is 0 Å². The second-order valence-corrected chi connectivity index (χ2v) is 6.34. The van der Waals surface area contributed by atoms with Crippen LogP contribution in [0.3, 0.4) is 0 Å². The summed E-state index contributed by atoms with van der Waals surface area (Å²) in [5.74, 6) is -0.397. The van der Waals surface area contributed by atoms with Gasteiger partial charge < -0.3 is 9.47 Å². The molecule has 0 amide bonds. The SMILES string of the molecule is C=C1C(=O)O[C@H]2[C@H]1CC[C@]1(C)O[C@@]13C(=O)C=C(C)[C@@H]23. The van der Waals surface area contributed by atoms with Gasteiger partial charge in [0, 0.05) is 11.5 Å². The highest BCUT2D eigenvalue weighted by Gasteiger charge is 2.79. The van der Waals surface area contributed by atoms with Crippen molar-refractivity contribution < 1.29 is 19.1 Å². The summed E-state index contributed by atoms with van der Waals surface area (Å²) in [4.78, 5) is 24.1. The van der Waals surface area contributed by atoms with E-state index in [1.54, 1.807) is 6.08 Å². The van der Waals surface area contributed by atoms with Gasteiger partial charge in [-0.3, -0.25) is 4.79 Å². The summed E-state index contributed by atoms with van der Waals surface area (Å²) in [7, 11) is 0. The van der Waals surface area contributed by atoms with E-state index in [0.717, 1.165) is 18.4 Å². The minimum atomic E-state index is -0.776. The first-order valence-electron chi connectivity index (χ1n) is 6.73. The van der Waals surface area contributed by atoms with Crippen molar-refractivity contribution in [2.75, 3.05) is 0 Å². The molecule has 4 heteroatoms. The Morgan fingerprint density at radius 3 is 2.89 bits per heavy atom. The topological polar surface area (TPSA) is 55.9 Å². The lowest BCUT2D eigenvalue weighted by atomic mass is 9.78. The van der Waals surface area contributed by atoms with Crippen molar-refractivity contribution >= 4 is 11.8 Å². The van der Waals surface area contributed by atoms with Gasteiger partial charge in [0.1, 0.15) is 11.7 Å². The van der Waals surface area contributed by atoms with Crippen LogP contribution in [0.4, 0.5) is 0 Å². The molecule has 4 aliphatic rings. The van der Waals surface area contributed by atoms with Gasteiger partial charge in [0.15, 0.2) is 11.4 Å². The van der Waals surface area contributed by atoms with E-state index in [9.17, 15) is 9.59 Å². The molecule has 2 heterocycles. The van der Waals surface area contributed by atoms with E-state index in [1.807, 2.05) is 13.8 Å². The molecule has 5 atom stereocenters. The maximum absolute atomic E-state index is 12.3. The lowest BCUT2D eigenvalue weighted by molar-refractivity contribution is -0.142. The smallest absolute Gasteiger partial charge is 0.334 e. The molecule has 2 aliphatic carbocycles. The molecule has 2 aliphatic heterocycles. The van der Waals surface area contributed by atoms with Gasteiger partial charge in [-0.05, 0) is 32.8 Å².